The molecule has 0 bridgehead atoms. The SMILES string of the molecule is COC(C)(C)CC(C)NC1CCc2ccccc2C1. The van der Waals surface area contributed by atoms with E-state index in [9.17, 15) is 0 Å². The van der Waals surface area contributed by atoms with Crippen LogP contribution in [0.4, 0.5) is 0 Å². The zero-order valence-electron chi connectivity index (χ0n) is 12.7. The maximum absolute atomic E-state index is 5.51. The van der Waals surface area contributed by atoms with Gasteiger partial charge in [0.25, 0.3) is 0 Å². The van der Waals surface area contributed by atoms with Crippen LogP contribution in [-0.2, 0) is 17.6 Å². The molecule has 0 amide bonds. The van der Waals surface area contributed by atoms with Crippen molar-refractivity contribution < 1.29 is 4.74 Å². The van der Waals surface area contributed by atoms with Gasteiger partial charge in [0.2, 0.25) is 0 Å². The standard InChI is InChI=1S/C17H27NO/c1-13(12-17(2,3)19-4)18-16-10-9-14-7-5-6-8-15(14)11-16/h5-8,13,16,18H,9-12H2,1-4H3. The van der Waals surface area contributed by atoms with E-state index >= 15 is 0 Å². The predicted octanol–water partition coefficient (Wildman–Crippen LogP) is 3.34. The molecule has 1 aromatic carbocycles. The molecule has 1 aliphatic rings. The van der Waals surface area contributed by atoms with Crippen LogP contribution in [0.2, 0.25) is 0 Å². The number of nitrogens with one attached hydrogen (secondary N) is 1. The van der Waals surface area contributed by atoms with Crippen LogP contribution in [0.15, 0.2) is 24.3 Å². The van der Waals surface area contributed by atoms with E-state index in [2.05, 4.69) is 50.4 Å². The van der Waals surface area contributed by atoms with E-state index in [0.717, 1.165) is 12.8 Å². The number of methoxy groups -OCH3 is 1. The molecule has 2 unspecified atom stereocenters. The van der Waals surface area contributed by atoms with Crippen LogP contribution >= 0.6 is 0 Å². The molecular weight excluding hydrogens is 234 g/mol. The van der Waals surface area contributed by atoms with Crippen LogP contribution in [0.3, 0.4) is 0 Å². The summed E-state index contributed by atoms with van der Waals surface area (Å²) < 4.78 is 5.51. The Morgan fingerprint density at radius 1 is 1.32 bits per heavy atom. The van der Waals surface area contributed by atoms with Crippen molar-refractivity contribution in [3.05, 3.63) is 35.4 Å². The summed E-state index contributed by atoms with van der Waals surface area (Å²) in [5.74, 6) is 0. The van der Waals surface area contributed by atoms with Gasteiger partial charge in [-0.2, -0.15) is 0 Å². The molecular formula is C17H27NO. The molecule has 0 aliphatic heterocycles. The van der Waals surface area contributed by atoms with E-state index < -0.39 is 0 Å². The average Bonchev–Trinajstić information content (AvgIpc) is 2.38. The van der Waals surface area contributed by atoms with Crippen LogP contribution in [0.5, 0.6) is 0 Å². The average molecular weight is 261 g/mol. The minimum absolute atomic E-state index is 0.0427. The lowest BCUT2D eigenvalue weighted by molar-refractivity contribution is 0.00755. The summed E-state index contributed by atoms with van der Waals surface area (Å²) in [5.41, 5.74) is 3.01. The number of hydrogen-bond acceptors (Lipinski definition) is 2. The number of benzene rings is 1. The molecule has 0 aromatic heterocycles. The number of hydrogen-bond donors (Lipinski definition) is 1. The maximum Gasteiger partial charge on any atom is 0.0637 e. The highest BCUT2D eigenvalue weighted by molar-refractivity contribution is 5.30. The number of aryl methyl sites for hydroxylation is 1. The van der Waals surface area contributed by atoms with E-state index in [1.165, 1.54) is 24.0 Å². The molecule has 0 spiro atoms. The Morgan fingerprint density at radius 3 is 2.68 bits per heavy atom. The first-order chi connectivity index (χ1) is 9.00. The van der Waals surface area contributed by atoms with Crippen molar-refractivity contribution in [1.29, 1.82) is 0 Å². The first-order valence-corrected chi connectivity index (χ1v) is 7.38. The maximum atomic E-state index is 5.51. The van der Waals surface area contributed by atoms with Crippen LogP contribution in [0, 0.1) is 0 Å². The van der Waals surface area contributed by atoms with Gasteiger partial charge in [0.15, 0.2) is 0 Å². The highest BCUT2D eigenvalue weighted by Crippen LogP contribution is 2.22. The van der Waals surface area contributed by atoms with Crippen molar-refractivity contribution in [1.82, 2.24) is 5.32 Å². The molecule has 2 atom stereocenters. The summed E-state index contributed by atoms with van der Waals surface area (Å²) in [6.07, 6.45) is 4.65. The lowest BCUT2D eigenvalue weighted by Crippen LogP contribution is -2.43. The van der Waals surface area contributed by atoms with Gasteiger partial charge in [-0.3, -0.25) is 0 Å². The fourth-order valence-corrected chi connectivity index (χ4v) is 3.12. The molecule has 0 heterocycles. The zero-order valence-corrected chi connectivity index (χ0v) is 12.7. The molecule has 19 heavy (non-hydrogen) atoms. The molecule has 1 aliphatic carbocycles. The van der Waals surface area contributed by atoms with Gasteiger partial charge in [-0.25, -0.2) is 0 Å². The zero-order chi connectivity index (χ0) is 13.9. The van der Waals surface area contributed by atoms with Crippen molar-refractivity contribution in [3.63, 3.8) is 0 Å². The first kappa shape index (κ1) is 14.5. The third kappa shape index (κ3) is 4.05. The van der Waals surface area contributed by atoms with E-state index in [-0.39, 0.29) is 5.60 Å². The van der Waals surface area contributed by atoms with E-state index in [0.29, 0.717) is 12.1 Å². The van der Waals surface area contributed by atoms with Gasteiger partial charge in [0.05, 0.1) is 5.60 Å². The molecule has 0 saturated carbocycles. The first-order valence-electron chi connectivity index (χ1n) is 7.38. The largest absolute Gasteiger partial charge is 0.379 e. The molecule has 0 saturated heterocycles. The Morgan fingerprint density at radius 2 is 2.00 bits per heavy atom. The highest BCUT2D eigenvalue weighted by atomic mass is 16.5. The second kappa shape index (κ2) is 6.06. The number of fused-ring (bicyclic) bond motifs is 1. The molecule has 2 heteroatoms. The van der Waals surface area contributed by atoms with Crippen molar-refractivity contribution >= 4 is 0 Å². The van der Waals surface area contributed by atoms with E-state index in [1.807, 2.05) is 0 Å². The Kier molecular flexibility index (Phi) is 4.64. The number of rotatable bonds is 5. The lowest BCUT2D eigenvalue weighted by Gasteiger charge is -2.32. The summed E-state index contributed by atoms with van der Waals surface area (Å²) >= 11 is 0. The summed E-state index contributed by atoms with van der Waals surface area (Å²) in [4.78, 5) is 0. The van der Waals surface area contributed by atoms with E-state index in [4.69, 9.17) is 4.74 Å². The monoisotopic (exact) mass is 261 g/mol. The second-order valence-corrected chi connectivity index (χ2v) is 6.44. The predicted molar refractivity (Wildman–Crippen MR) is 80.6 cm³/mol. The summed E-state index contributed by atoms with van der Waals surface area (Å²) in [7, 11) is 1.80. The minimum Gasteiger partial charge on any atom is -0.379 e. The fraction of sp³-hybridized carbons (Fsp3) is 0.647. The van der Waals surface area contributed by atoms with Gasteiger partial charge in [-0.05, 0) is 57.6 Å². The lowest BCUT2D eigenvalue weighted by atomic mass is 9.87. The topological polar surface area (TPSA) is 21.3 Å². The molecule has 0 fully saturated rings. The van der Waals surface area contributed by atoms with Crippen molar-refractivity contribution in [2.45, 2.75) is 64.1 Å². The van der Waals surface area contributed by atoms with Gasteiger partial charge in [0, 0.05) is 19.2 Å². The van der Waals surface area contributed by atoms with Crippen LogP contribution in [0.25, 0.3) is 0 Å². The third-order valence-electron chi connectivity index (χ3n) is 4.22. The van der Waals surface area contributed by atoms with Crippen LogP contribution in [0.1, 0.15) is 44.7 Å². The van der Waals surface area contributed by atoms with Gasteiger partial charge in [-0.15, -0.1) is 0 Å². The molecule has 0 radical (unpaired) electrons. The smallest absolute Gasteiger partial charge is 0.0637 e. The molecule has 1 N–H and O–H groups in total. The minimum atomic E-state index is -0.0427. The Labute approximate surface area is 117 Å². The van der Waals surface area contributed by atoms with Crippen LogP contribution in [-0.4, -0.2) is 24.8 Å². The Balaban J connectivity index is 1.88. The Bertz CT molecular complexity index is 413. The number of ether oxygens (including phenoxy) is 1. The third-order valence-corrected chi connectivity index (χ3v) is 4.22. The van der Waals surface area contributed by atoms with Gasteiger partial charge >= 0.3 is 0 Å². The molecule has 1 aromatic rings. The summed E-state index contributed by atoms with van der Waals surface area (Å²) in [6, 6.07) is 9.94. The molecule has 2 nitrogen and oxygen atoms in total. The highest BCUT2D eigenvalue weighted by Gasteiger charge is 2.24. The quantitative estimate of drug-likeness (QED) is 0.878. The summed E-state index contributed by atoms with van der Waals surface area (Å²) in [6.45, 7) is 6.57. The second-order valence-electron chi connectivity index (χ2n) is 6.44. The molecule has 106 valence electrons. The van der Waals surface area contributed by atoms with E-state index in [1.54, 1.807) is 7.11 Å². The van der Waals surface area contributed by atoms with Crippen molar-refractivity contribution in [2.24, 2.45) is 0 Å². The van der Waals surface area contributed by atoms with Crippen molar-refractivity contribution in [2.75, 3.05) is 7.11 Å². The normalized spacial score (nSPS) is 20.9. The van der Waals surface area contributed by atoms with Gasteiger partial charge < -0.3 is 10.1 Å². The van der Waals surface area contributed by atoms with Gasteiger partial charge in [0.1, 0.15) is 0 Å². The van der Waals surface area contributed by atoms with Gasteiger partial charge in [-0.1, -0.05) is 24.3 Å². The van der Waals surface area contributed by atoms with Crippen molar-refractivity contribution in [3.8, 4) is 0 Å². The Hall–Kier alpha value is -0.860. The summed E-state index contributed by atoms with van der Waals surface area (Å²) in [5, 5.41) is 3.77. The fourth-order valence-electron chi connectivity index (χ4n) is 3.12. The van der Waals surface area contributed by atoms with Crippen LogP contribution < -0.4 is 5.32 Å². The molecule has 2 rings (SSSR count).